The predicted molar refractivity (Wildman–Crippen MR) is 109 cm³/mol. The van der Waals surface area contributed by atoms with Crippen LogP contribution in [0.4, 0.5) is 0 Å². The minimum absolute atomic E-state index is 0.581. The van der Waals surface area contributed by atoms with Gasteiger partial charge in [-0.2, -0.15) is 0 Å². The fraction of sp³-hybridized carbons (Fsp3) is 0.905. The molecule has 2 heteroatoms. The van der Waals surface area contributed by atoms with Crippen molar-refractivity contribution >= 4 is 18.4 Å². The van der Waals surface area contributed by atoms with E-state index in [0.29, 0.717) is 0 Å². The Kier molecular flexibility index (Phi) is 14.0. The Morgan fingerprint density at radius 1 is 0.739 bits per heavy atom. The molecule has 0 saturated heterocycles. The summed E-state index contributed by atoms with van der Waals surface area (Å²) in [5, 5.41) is 10.7. The van der Waals surface area contributed by atoms with Crippen LogP contribution in [0.25, 0.3) is 0 Å². The van der Waals surface area contributed by atoms with Crippen LogP contribution in [0.5, 0.6) is 0 Å². The molecule has 0 aromatic heterocycles. The second-order valence-electron chi connectivity index (χ2n) is 7.82. The maximum atomic E-state index is 10.7. The second-order valence-corrected chi connectivity index (χ2v) is 20.8. The van der Waals surface area contributed by atoms with Crippen molar-refractivity contribution < 1.29 is 5.11 Å². The van der Waals surface area contributed by atoms with Crippen LogP contribution >= 0.6 is 0 Å². The second kappa shape index (κ2) is 13.8. The summed E-state index contributed by atoms with van der Waals surface area (Å²) in [5.74, 6) is 0. The normalized spacial score (nSPS) is 15.2. The van der Waals surface area contributed by atoms with Crippen molar-refractivity contribution in [2.75, 3.05) is 0 Å². The Hall–Kier alpha value is 0.499. The molecule has 23 heavy (non-hydrogen) atoms. The first-order valence-electron chi connectivity index (χ1n) is 10.4. The van der Waals surface area contributed by atoms with E-state index in [2.05, 4.69) is 37.9 Å². The van der Waals surface area contributed by atoms with Crippen LogP contribution in [0.3, 0.4) is 0 Å². The van der Waals surface area contributed by atoms with Gasteiger partial charge in [-0.15, -0.1) is 0 Å². The van der Waals surface area contributed by atoms with Crippen LogP contribution < -0.4 is 0 Å². The van der Waals surface area contributed by atoms with Crippen LogP contribution in [0.1, 0.15) is 98.8 Å². The quantitative estimate of drug-likeness (QED) is 0.214. The summed E-state index contributed by atoms with van der Waals surface area (Å²) in [6.07, 6.45) is 14.9. The van der Waals surface area contributed by atoms with Gasteiger partial charge in [0.1, 0.15) is 0 Å². The van der Waals surface area contributed by atoms with Gasteiger partial charge >= 0.3 is 151 Å². The molecule has 0 aliphatic rings. The van der Waals surface area contributed by atoms with Gasteiger partial charge in [0.15, 0.2) is 0 Å². The zero-order chi connectivity index (χ0) is 17.6. The van der Waals surface area contributed by atoms with Gasteiger partial charge in [-0.1, -0.05) is 0 Å². The summed E-state index contributed by atoms with van der Waals surface area (Å²) >= 11 is -2.21. The molecule has 0 aliphatic heterocycles. The van der Waals surface area contributed by atoms with Crippen molar-refractivity contribution in [3.8, 4) is 0 Å². The maximum absolute atomic E-state index is 10.7. The Morgan fingerprint density at radius 3 is 1.57 bits per heavy atom. The van der Waals surface area contributed by atoms with Gasteiger partial charge in [-0.05, 0) is 0 Å². The van der Waals surface area contributed by atoms with E-state index in [1.807, 2.05) is 6.92 Å². The Balaban J connectivity index is 5.00. The molecule has 0 fully saturated rings. The van der Waals surface area contributed by atoms with Crippen molar-refractivity contribution in [2.24, 2.45) is 0 Å². The van der Waals surface area contributed by atoms with Crippen molar-refractivity contribution in [1.29, 1.82) is 0 Å². The summed E-state index contributed by atoms with van der Waals surface area (Å²) in [6.45, 7) is 11.2. The number of aliphatic hydroxyl groups is 1. The Morgan fingerprint density at radius 2 is 1.17 bits per heavy atom. The van der Waals surface area contributed by atoms with Crippen LogP contribution in [-0.2, 0) is 0 Å². The molecule has 0 aliphatic carbocycles. The summed E-state index contributed by atoms with van der Waals surface area (Å²) in [6, 6.07) is 0. The molecule has 0 aromatic carbocycles. The summed E-state index contributed by atoms with van der Waals surface area (Å²) < 4.78 is 7.10. The van der Waals surface area contributed by atoms with Gasteiger partial charge < -0.3 is 0 Å². The summed E-state index contributed by atoms with van der Waals surface area (Å²) in [4.78, 5) is 0. The number of hydrogen-bond acceptors (Lipinski definition) is 1. The molecule has 1 atom stereocenters. The molecule has 1 N–H and O–H groups in total. The summed E-state index contributed by atoms with van der Waals surface area (Å²) in [5.41, 5.74) is -0.581. The molecule has 1 nitrogen and oxygen atoms in total. The van der Waals surface area contributed by atoms with E-state index < -0.39 is 24.0 Å². The van der Waals surface area contributed by atoms with Crippen molar-refractivity contribution in [3.63, 3.8) is 0 Å². The van der Waals surface area contributed by atoms with E-state index in [9.17, 15) is 5.11 Å². The molecule has 0 spiro atoms. The standard InChI is InChI=1S/C9H17O.3C4H9.Sn/c1-4-6-7-8-9(3,10)5-2;3*1-3-4-2;/h2,5,10H,4,6-8H2,1,3H3;3*1,3-4H2,2H3;. The fourth-order valence-electron chi connectivity index (χ4n) is 3.38. The third kappa shape index (κ3) is 11.6. The van der Waals surface area contributed by atoms with E-state index in [0.717, 1.165) is 12.8 Å². The van der Waals surface area contributed by atoms with Crippen LogP contribution in [0, 0.1) is 0 Å². The first-order chi connectivity index (χ1) is 10.9. The topological polar surface area (TPSA) is 20.2 Å². The van der Waals surface area contributed by atoms with E-state index in [1.165, 1.54) is 64.7 Å². The molecule has 0 radical (unpaired) electrons. The van der Waals surface area contributed by atoms with Crippen molar-refractivity contribution in [3.05, 3.63) is 10.2 Å². The van der Waals surface area contributed by atoms with Crippen LogP contribution in [0.2, 0.25) is 13.3 Å². The molecular weight excluding hydrogens is 387 g/mol. The van der Waals surface area contributed by atoms with Gasteiger partial charge in [0.25, 0.3) is 0 Å². The monoisotopic (exact) mass is 432 g/mol. The average molecular weight is 431 g/mol. The molecule has 0 saturated carbocycles. The van der Waals surface area contributed by atoms with Gasteiger partial charge in [0.05, 0.1) is 0 Å². The fourth-order valence-corrected chi connectivity index (χ4v) is 18.0. The predicted octanol–water partition coefficient (Wildman–Crippen LogP) is 7.26. The van der Waals surface area contributed by atoms with Crippen LogP contribution in [0.15, 0.2) is 10.2 Å². The van der Waals surface area contributed by atoms with Gasteiger partial charge in [0, 0.05) is 0 Å². The Labute approximate surface area is 151 Å². The molecule has 138 valence electrons. The first-order valence-corrected chi connectivity index (χ1v) is 18.1. The minimum atomic E-state index is -2.21. The van der Waals surface area contributed by atoms with E-state index in [1.54, 1.807) is 0 Å². The SMILES string of the molecule is CCCCCC(C)(O)/C=[CH]/[Sn]([CH2]CCC)([CH2]CCC)[CH2]CCC. The first kappa shape index (κ1) is 23.5. The van der Waals surface area contributed by atoms with Crippen molar-refractivity contribution in [1.82, 2.24) is 0 Å². The third-order valence-corrected chi connectivity index (χ3v) is 19.2. The van der Waals surface area contributed by atoms with Gasteiger partial charge in [0.2, 0.25) is 0 Å². The van der Waals surface area contributed by atoms with E-state index in [4.69, 9.17) is 0 Å². The van der Waals surface area contributed by atoms with Crippen molar-refractivity contribution in [2.45, 2.75) is 118 Å². The molecule has 0 rings (SSSR count). The number of rotatable bonds is 15. The third-order valence-electron chi connectivity index (χ3n) is 5.17. The van der Waals surface area contributed by atoms with E-state index in [-0.39, 0.29) is 0 Å². The van der Waals surface area contributed by atoms with Gasteiger partial charge in [-0.25, -0.2) is 0 Å². The summed E-state index contributed by atoms with van der Waals surface area (Å²) in [7, 11) is 0. The zero-order valence-electron chi connectivity index (χ0n) is 16.8. The molecule has 0 bridgehead atoms. The average Bonchev–Trinajstić information content (AvgIpc) is 2.54. The zero-order valence-corrected chi connectivity index (χ0v) is 19.6. The molecule has 0 aromatic rings. The molecule has 0 amide bonds. The van der Waals surface area contributed by atoms with Gasteiger partial charge in [-0.3, -0.25) is 0 Å². The number of unbranched alkanes of at least 4 members (excludes halogenated alkanes) is 5. The Bertz CT molecular complexity index is 274. The molecular formula is C21H44OSn. The molecule has 1 unspecified atom stereocenters. The molecule has 0 heterocycles. The van der Waals surface area contributed by atoms with Crippen LogP contribution in [-0.4, -0.2) is 29.1 Å². The number of hydrogen-bond donors (Lipinski definition) is 1. The van der Waals surface area contributed by atoms with E-state index >= 15 is 0 Å².